The molecule has 3 amide bonds. The number of benzene rings is 3. The SMILES string of the molecule is Cc1cc(N(C(N)=O)C(=O)c2cccc(F)c2Cl)cc(Cl)c1Oc1ccc(N(C)C)c2c1CCCC2. The molecule has 4 rings (SSSR count). The quantitative estimate of drug-likeness (QED) is 0.389. The second kappa shape index (κ2) is 10.4. The number of rotatable bonds is 5. The molecule has 9 heteroatoms. The Kier molecular flexibility index (Phi) is 7.43. The van der Waals surface area contributed by atoms with Crippen LogP contribution in [-0.4, -0.2) is 26.0 Å². The van der Waals surface area contributed by atoms with Crippen LogP contribution in [-0.2, 0) is 12.8 Å². The number of ether oxygens (including phenoxy) is 1. The topological polar surface area (TPSA) is 75.9 Å². The molecule has 0 unspecified atom stereocenters. The maximum atomic E-state index is 13.9. The lowest BCUT2D eigenvalue weighted by Crippen LogP contribution is -2.41. The van der Waals surface area contributed by atoms with Crippen LogP contribution in [0.1, 0.15) is 39.9 Å². The first-order valence-corrected chi connectivity index (χ1v) is 12.2. The van der Waals surface area contributed by atoms with Crippen molar-refractivity contribution in [2.24, 2.45) is 5.73 Å². The summed E-state index contributed by atoms with van der Waals surface area (Å²) < 4.78 is 20.2. The molecule has 0 fully saturated rings. The van der Waals surface area contributed by atoms with E-state index in [1.165, 1.54) is 29.4 Å². The van der Waals surface area contributed by atoms with Crippen molar-refractivity contribution in [3.8, 4) is 11.5 Å². The number of halogens is 3. The first-order chi connectivity index (χ1) is 17.1. The Labute approximate surface area is 219 Å². The highest BCUT2D eigenvalue weighted by Gasteiger charge is 2.27. The number of carbonyl (C=O) groups excluding carboxylic acids is 2. The van der Waals surface area contributed by atoms with E-state index < -0.39 is 22.8 Å². The Morgan fingerprint density at radius 1 is 1.03 bits per heavy atom. The van der Waals surface area contributed by atoms with Gasteiger partial charge in [-0.25, -0.2) is 14.1 Å². The smallest absolute Gasteiger partial charge is 0.326 e. The van der Waals surface area contributed by atoms with Crippen LogP contribution in [0, 0.1) is 12.7 Å². The fourth-order valence-electron chi connectivity index (χ4n) is 4.55. The van der Waals surface area contributed by atoms with Gasteiger partial charge in [0, 0.05) is 25.3 Å². The van der Waals surface area contributed by atoms with Crippen molar-refractivity contribution in [1.29, 1.82) is 0 Å². The van der Waals surface area contributed by atoms with Gasteiger partial charge in [-0.15, -0.1) is 0 Å². The first-order valence-electron chi connectivity index (χ1n) is 11.5. The molecule has 0 aliphatic heterocycles. The van der Waals surface area contributed by atoms with E-state index >= 15 is 0 Å². The van der Waals surface area contributed by atoms with Gasteiger partial charge >= 0.3 is 6.03 Å². The molecule has 3 aromatic rings. The van der Waals surface area contributed by atoms with Crippen LogP contribution >= 0.6 is 23.2 Å². The minimum absolute atomic E-state index is 0.118. The van der Waals surface area contributed by atoms with Crippen LogP contribution in [0.3, 0.4) is 0 Å². The van der Waals surface area contributed by atoms with E-state index in [2.05, 4.69) is 4.90 Å². The molecule has 1 aliphatic rings. The van der Waals surface area contributed by atoms with Crippen molar-refractivity contribution in [1.82, 2.24) is 0 Å². The number of hydrogen-bond donors (Lipinski definition) is 1. The Bertz CT molecular complexity index is 1340. The minimum atomic E-state index is -1.06. The number of amides is 3. The van der Waals surface area contributed by atoms with Gasteiger partial charge in [0.25, 0.3) is 5.91 Å². The second-order valence-electron chi connectivity index (χ2n) is 8.90. The molecule has 36 heavy (non-hydrogen) atoms. The average molecular weight is 530 g/mol. The van der Waals surface area contributed by atoms with Gasteiger partial charge in [-0.05, 0) is 80.1 Å². The van der Waals surface area contributed by atoms with E-state index in [4.69, 9.17) is 33.7 Å². The zero-order chi connectivity index (χ0) is 26.1. The molecule has 0 saturated carbocycles. The molecule has 0 aromatic heterocycles. The zero-order valence-electron chi connectivity index (χ0n) is 20.2. The highest BCUT2D eigenvalue weighted by atomic mass is 35.5. The summed E-state index contributed by atoms with van der Waals surface area (Å²) >= 11 is 12.6. The van der Waals surface area contributed by atoms with Crippen molar-refractivity contribution in [2.45, 2.75) is 32.6 Å². The Hall–Kier alpha value is -3.29. The van der Waals surface area contributed by atoms with Crippen LogP contribution in [0.2, 0.25) is 10.0 Å². The summed E-state index contributed by atoms with van der Waals surface area (Å²) in [6.45, 7) is 1.75. The molecule has 0 heterocycles. The molecule has 3 aromatic carbocycles. The van der Waals surface area contributed by atoms with Gasteiger partial charge in [0.15, 0.2) is 0 Å². The molecular formula is C27H26Cl2FN3O3. The van der Waals surface area contributed by atoms with E-state index in [0.29, 0.717) is 16.2 Å². The van der Waals surface area contributed by atoms with Crippen molar-refractivity contribution in [2.75, 3.05) is 23.9 Å². The van der Waals surface area contributed by atoms with Crippen molar-refractivity contribution in [3.05, 3.63) is 80.6 Å². The van der Waals surface area contributed by atoms with Gasteiger partial charge in [0.2, 0.25) is 0 Å². The minimum Gasteiger partial charge on any atom is -0.455 e. The number of nitrogens with zero attached hydrogens (tertiary/aromatic N) is 2. The molecule has 6 nitrogen and oxygen atoms in total. The Morgan fingerprint density at radius 3 is 2.36 bits per heavy atom. The third-order valence-electron chi connectivity index (χ3n) is 6.24. The van der Waals surface area contributed by atoms with Crippen LogP contribution in [0.5, 0.6) is 11.5 Å². The van der Waals surface area contributed by atoms with Gasteiger partial charge in [-0.2, -0.15) is 0 Å². The number of nitrogens with two attached hydrogens (primary N) is 1. The summed E-state index contributed by atoms with van der Waals surface area (Å²) in [6.07, 6.45) is 4.08. The maximum absolute atomic E-state index is 13.9. The van der Waals surface area contributed by atoms with Crippen molar-refractivity contribution < 1.29 is 18.7 Å². The Morgan fingerprint density at radius 2 is 1.72 bits per heavy atom. The van der Waals surface area contributed by atoms with Crippen molar-refractivity contribution in [3.63, 3.8) is 0 Å². The summed E-state index contributed by atoms with van der Waals surface area (Å²) in [6, 6.07) is 9.66. The molecule has 0 spiro atoms. The van der Waals surface area contributed by atoms with Gasteiger partial charge in [-0.3, -0.25) is 4.79 Å². The van der Waals surface area contributed by atoms with Gasteiger partial charge in [0.1, 0.15) is 17.3 Å². The predicted molar refractivity (Wildman–Crippen MR) is 141 cm³/mol. The lowest BCUT2D eigenvalue weighted by molar-refractivity contribution is 0.0995. The second-order valence-corrected chi connectivity index (χ2v) is 9.68. The molecular weight excluding hydrogens is 504 g/mol. The van der Waals surface area contributed by atoms with Crippen LogP contribution in [0.15, 0.2) is 42.5 Å². The number of primary amides is 1. The molecule has 1 aliphatic carbocycles. The average Bonchev–Trinajstić information content (AvgIpc) is 2.82. The molecule has 0 bridgehead atoms. The van der Waals surface area contributed by atoms with E-state index in [9.17, 15) is 14.0 Å². The number of urea groups is 1. The first kappa shape index (κ1) is 25.8. The van der Waals surface area contributed by atoms with Crippen molar-refractivity contribution >= 4 is 46.5 Å². The van der Waals surface area contributed by atoms with E-state index in [-0.39, 0.29) is 16.3 Å². The number of carbonyl (C=O) groups is 2. The predicted octanol–water partition coefficient (Wildman–Crippen LogP) is 6.90. The van der Waals surface area contributed by atoms with Crippen LogP contribution < -0.4 is 20.3 Å². The summed E-state index contributed by atoms with van der Waals surface area (Å²) in [4.78, 5) is 28.2. The highest BCUT2D eigenvalue weighted by molar-refractivity contribution is 6.36. The highest BCUT2D eigenvalue weighted by Crippen LogP contribution is 2.42. The largest absolute Gasteiger partial charge is 0.455 e. The third kappa shape index (κ3) is 4.86. The Balaban J connectivity index is 1.72. The van der Waals surface area contributed by atoms with E-state index in [0.717, 1.165) is 43.1 Å². The van der Waals surface area contributed by atoms with Crippen LogP contribution in [0.25, 0.3) is 0 Å². The standard InChI is InChI=1S/C27H26Cl2FN3O3/c1-15-13-16(33(27(31)35)26(34)19-9-6-10-21(30)24(19)29)14-20(28)25(15)36-23-12-11-22(32(2)3)17-7-4-5-8-18(17)23/h6,9-14H,4-5,7-8H2,1-3H3,(H2,31,35). The van der Waals surface area contributed by atoms with Gasteiger partial charge in [-0.1, -0.05) is 29.3 Å². The van der Waals surface area contributed by atoms with E-state index in [1.54, 1.807) is 13.0 Å². The van der Waals surface area contributed by atoms with Gasteiger partial charge in [0.05, 0.1) is 21.3 Å². The lowest BCUT2D eigenvalue weighted by atomic mass is 9.89. The number of anilines is 2. The summed E-state index contributed by atoms with van der Waals surface area (Å²) in [5, 5.41) is -0.210. The summed E-state index contributed by atoms with van der Waals surface area (Å²) in [5.41, 5.74) is 9.62. The number of imide groups is 1. The lowest BCUT2D eigenvalue weighted by Gasteiger charge is -2.26. The molecule has 188 valence electrons. The normalized spacial score (nSPS) is 12.6. The third-order valence-corrected chi connectivity index (χ3v) is 6.90. The molecule has 0 atom stereocenters. The summed E-state index contributed by atoms with van der Waals surface area (Å²) in [5.74, 6) is -0.521. The number of fused-ring (bicyclic) bond motifs is 1. The fourth-order valence-corrected chi connectivity index (χ4v) is 5.05. The zero-order valence-corrected chi connectivity index (χ0v) is 21.7. The molecule has 0 saturated heterocycles. The monoisotopic (exact) mass is 529 g/mol. The number of hydrogen-bond acceptors (Lipinski definition) is 4. The van der Waals surface area contributed by atoms with E-state index in [1.807, 2.05) is 26.2 Å². The fraction of sp³-hybridized carbons (Fsp3) is 0.259. The molecule has 2 N–H and O–H groups in total. The van der Waals surface area contributed by atoms with Crippen LogP contribution in [0.4, 0.5) is 20.6 Å². The maximum Gasteiger partial charge on any atom is 0.326 e. The summed E-state index contributed by atoms with van der Waals surface area (Å²) in [7, 11) is 4.04. The van der Waals surface area contributed by atoms with Gasteiger partial charge < -0.3 is 15.4 Å². The molecule has 0 radical (unpaired) electrons. The number of aryl methyl sites for hydroxylation is 1.